The Kier molecular flexibility index (Phi) is 7.20. The zero-order chi connectivity index (χ0) is 20.1. The highest BCUT2D eigenvalue weighted by atomic mass is 35.5. The maximum atomic E-state index is 12.8. The summed E-state index contributed by atoms with van der Waals surface area (Å²) >= 11 is 7.69. The number of thioether (sulfide) groups is 1. The van der Waals surface area contributed by atoms with Crippen LogP contribution in [0.25, 0.3) is 0 Å². The molecule has 152 valence electrons. The van der Waals surface area contributed by atoms with Crippen LogP contribution < -0.4 is 15.7 Å². The third-order valence-corrected chi connectivity index (χ3v) is 6.54. The number of carboxylic acid groups (broad SMARTS) is 1. The average Bonchev–Trinajstić information content (AvgIpc) is 3.37. The van der Waals surface area contributed by atoms with Gasteiger partial charge in [-0.2, -0.15) is 0 Å². The Hall–Kier alpha value is -1.77. The molecule has 2 aliphatic heterocycles. The fourth-order valence-corrected chi connectivity index (χ4v) is 4.84. The minimum atomic E-state index is -1.21. The number of hydrogen-bond acceptors (Lipinski definition) is 5. The summed E-state index contributed by atoms with van der Waals surface area (Å²) in [4.78, 5) is 37.8. The summed E-state index contributed by atoms with van der Waals surface area (Å²) in [6.45, 7) is 0.733. The van der Waals surface area contributed by atoms with Crippen molar-refractivity contribution < 1.29 is 24.8 Å². The third-order valence-electron chi connectivity index (χ3n) is 5.26. The first-order valence-electron chi connectivity index (χ1n) is 9.40. The Morgan fingerprint density at radius 3 is 2.71 bits per heavy atom. The number of benzene rings is 1. The van der Waals surface area contributed by atoms with E-state index in [4.69, 9.17) is 11.6 Å². The fourth-order valence-electron chi connectivity index (χ4n) is 3.67. The van der Waals surface area contributed by atoms with Gasteiger partial charge in [0.25, 0.3) is 5.91 Å². The summed E-state index contributed by atoms with van der Waals surface area (Å²) in [6.07, 6.45) is 1.20. The topological polar surface area (TPSA) is 106 Å². The first kappa shape index (κ1) is 21.0. The predicted octanol–water partition coefficient (Wildman–Crippen LogP) is -0.693. The molecule has 0 saturated carbocycles. The van der Waals surface area contributed by atoms with E-state index in [0.717, 1.165) is 17.2 Å². The minimum Gasteiger partial charge on any atom is -0.548 e. The van der Waals surface area contributed by atoms with Crippen LogP contribution in [0.5, 0.6) is 0 Å². The SMILES string of the molecule is O=C(NC[C@H](CC(=O)N1CCC[C@H]1C(=O)[O-])c1ccc(Cl)cc1)[C@@H]1CSC[NH2+]1. The normalized spacial score (nSPS) is 22.8. The second kappa shape index (κ2) is 9.62. The molecule has 3 N–H and O–H groups in total. The number of carbonyl (C=O) groups is 3. The largest absolute Gasteiger partial charge is 0.548 e. The fraction of sp³-hybridized carbons (Fsp3) is 0.526. The molecular weight excluding hydrogens is 402 g/mol. The Morgan fingerprint density at radius 1 is 1.32 bits per heavy atom. The van der Waals surface area contributed by atoms with Gasteiger partial charge in [0, 0.05) is 30.5 Å². The number of quaternary nitrogens is 1. The zero-order valence-electron chi connectivity index (χ0n) is 15.4. The second-order valence-corrected chi connectivity index (χ2v) is 8.65. The van der Waals surface area contributed by atoms with Crippen molar-refractivity contribution in [2.75, 3.05) is 24.7 Å². The number of nitrogens with two attached hydrogens (primary N) is 1. The van der Waals surface area contributed by atoms with Crippen molar-refractivity contribution in [3.05, 3.63) is 34.9 Å². The standard InChI is InChI=1S/C19H24ClN3O4S/c20-14-5-3-12(4-6-14)13(9-21-18(25)15-10-28-11-22-15)8-17(24)23-7-1-2-16(23)19(26)27/h3-6,13,15-16,22H,1-2,7-11H2,(H,21,25)(H,26,27)/t13-,15-,16-/m0/s1. The predicted molar refractivity (Wildman–Crippen MR) is 105 cm³/mol. The molecular formula is C19H24ClN3O4S. The van der Waals surface area contributed by atoms with Gasteiger partial charge in [-0.15, -0.1) is 0 Å². The van der Waals surface area contributed by atoms with Crippen LogP contribution in [0.1, 0.15) is 30.7 Å². The van der Waals surface area contributed by atoms with E-state index in [-0.39, 0.29) is 30.2 Å². The van der Waals surface area contributed by atoms with Crippen LogP contribution in [0.4, 0.5) is 0 Å². The number of hydrogen-bond donors (Lipinski definition) is 2. The minimum absolute atomic E-state index is 0.0369. The summed E-state index contributed by atoms with van der Waals surface area (Å²) in [5.41, 5.74) is 0.882. The van der Waals surface area contributed by atoms with Crippen molar-refractivity contribution in [2.45, 2.75) is 37.3 Å². The number of carboxylic acids is 1. The van der Waals surface area contributed by atoms with Gasteiger partial charge in [0.05, 0.1) is 17.8 Å². The van der Waals surface area contributed by atoms with Crippen molar-refractivity contribution in [1.82, 2.24) is 10.2 Å². The van der Waals surface area contributed by atoms with Crippen molar-refractivity contribution in [3.8, 4) is 0 Å². The van der Waals surface area contributed by atoms with Gasteiger partial charge in [0.1, 0.15) is 5.88 Å². The van der Waals surface area contributed by atoms with E-state index < -0.39 is 12.0 Å². The van der Waals surface area contributed by atoms with Crippen LogP contribution >= 0.6 is 23.4 Å². The summed E-state index contributed by atoms with van der Waals surface area (Å²) < 4.78 is 0. The van der Waals surface area contributed by atoms with Crippen LogP contribution in [-0.4, -0.2) is 59.5 Å². The van der Waals surface area contributed by atoms with E-state index in [1.54, 1.807) is 23.9 Å². The lowest BCUT2D eigenvalue weighted by molar-refractivity contribution is -0.648. The Morgan fingerprint density at radius 2 is 2.07 bits per heavy atom. The number of nitrogens with one attached hydrogen (secondary N) is 1. The summed E-state index contributed by atoms with van der Waals surface area (Å²) in [6, 6.07) is 6.20. The van der Waals surface area contributed by atoms with Crippen LogP contribution in [0.3, 0.4) is 0 Å². The first-order chi connectivity index (χ1) is 13.5. The molecule has 1 aromatic rings. The van der Waals surface area contributed by atoms with E-state index in [2.05, 4.69) is 5.32 Å². The van der Waals surface area contributed by atoms with E-state index in [1.807, 2.05) is 17.4 Å². The molecule has 0 spiro atoms. The summed E-state index contributed by atoms with van der Waals surface area (Å²) in [5.74, 6) is -0.0925. The molecule has 0 bridgehead atoms. The van der Waals surface area contributed by atoms with E-state index in [9.17, 15) is 19.5 Å². The average molecular weight is 426 g/mol. The second-order valence-electron chi connectivity index (χ2n) is 7.14. The molecule has 0 aliphatic carbocycles. The summed E-state index contributed by atoms with van der Waals surface area (Å²) in [7, 11) is 0. The highest BCUT2D eigenvalue weighted by Gasteiger charge is 2.32. The van der Waals surface area contributed by atoms with Crippen molar-refractivity contribution >= 4 is 41.1 Å². The van der Waals surface area contributed by atoms with Crippen LogP contribution in [-0.2, 0) is 14.4 Å². The lowest BCUT2D eigenvalue weighted by atomic mass is 9.94. The molecule has 2 heterocycles. The lowest BCUT2D eigenvalue weighted by Gasteiger charge is -2.27. The number of nitrogens with zero attached hydrogens (tertiary/aromatic N) is 1. The highest BCUT2D eigenvalue weighted by molar-refractivity contribution is 7.99. The molecule has 1 aromatic carbocycles. The zero-order valence-corrected chi connectivity index (χ0v) is 17.0. The van der Waals surface area contributed by atoms with Gasteiger partial charge in [0.2, 0.25) is 5.91 Å². The molecule has 2 aliphatic rings. The molecule has 7 nitrogen and oxygen atoms in total. The van der Waals surface area contributed by atoms with E-state index in [0.29, 0.717) is 31.0 Å². The quantitative estimate of drug-likeness (QED) is 0.601. The maximum Gasteiger partial charge on any atom is 0.279 e. The molecule has 2 amide bonds. The van der Waals surface area contributed by atoms with Crippen LogP contribution in [0.2, 0.25) is 5.02 Å². The number of carbonyl (C=O) groups excluding carboxylic acids is 3. The molecule has 3 rings (SSSR count). The van der Waals surface area contributed by atoms with E-state index >= 15 is 0 Å². The van der Waals surface area contributed by atoms with E-state index in [1.165, 1.54) is 4.90 Å². The summed E-state index contributed by atoms with van der Waals surface area (Å²) in [5, 5.41) is 16.8. The molecule has 2 fully saturated rings. The van der Waals surface area contributed by atoms with Gasteiger partial charge in [-0.1, -0.05) is 35.5 Å². The van der Waals surface area contributed by atoms with Crippen LogP contribution in [0.15, 0.2) is 24.3 Å². The third kappa shape index (κ3) is 5.18. The lowest BCUT2D eigenvalue weighted by Crippen LogP contribution is -2.89. The Balaban J connectivity index is 1.68. The van der Waals surface area contributed by atoms with Gasteiger partial charge < -0.3 is 25.4 Å². The number of halogens is 1. The molecule has 3 atom stereocenters. The molecule has 0 radical (unpaired) electrons. The monoisotopic (exact) mass is 425 g/mol. The molecule has 9 heteroatoms. The van der Waals surface area contributed by atoms with Gasteiger partial charge in [-0.05, 0) is 30.5 Å². The van der Waals surface area contributed by atoms with Crippen molar-refractivity contribution in [1.29, 1.82) is 0 Å². The number of likely N-dealkylation sites (tertiary alicyclic amines) is 1. The number of amides is 2. The highest BCUT2D eigenvalue weighted by Crippen LogP contribution is 2.25. The molecule has 0 unspecified atom stereocenters. The Bertz CT molecular complexity index is 724. The number of aliphatic carboxylic acids is 1. The first-order valence-corrected chi connectivity index (χ1v) is 10.9. The van der Waals surface area contributed by atoms with Gasteiger partial charge in [-0.25, -0.2) is 0 Å². The maximum absolute atomic E-state index is 12.8. The van der Waals surface area contributed by atoms with Gasteiger partial charge in [0.15, 0.2) is 6.04 Å². The van der Waals surface area contributed by atoms with Gasteiger partial charge in [-0.3, -0.25) is 9.59 Å². The molecule has 0 aromatic heterocycles. The molecule has 2 saturated heterocycles. The van der Waals surface area contributed by atoms with Crippen molar-refractivity contribution in [2.24, 2.45) is 0 Å². The van der Waals surface area contributed by atoms with Gasteiger partial charge >= 0.3 is 0 Å². The van der Waals surface area contributed by atoms with Crippen molar-refractivity contribution in [3.63, 3.8) is 0 Å². The molecule has 28 heavy (non-hydrogen) atoms. The smallest absolute Gasteiger partial charge is 0.279 e. The van der Waals surface area contributed by atoms with Crippen LogP contribution in [0, 0.1) is 0 Å². The number of rotatable bonds is 7. The Labute approximate surface area is 173 Å².